The zero-order valence-corrected chi connectivity index (χ0v) is 15.8. The molecule has 2 unspecified atom stereocenters. The number of alkyl halides is 2. The van der Waals surface area contributed by atoms with Crippen molar-refractivity contribution in [3.63, 3.8) is 0 Å². The number of fused-ring (bicyclic) bond motifs is 1. The van der Waals surface area contributed by atoms with E-state index in [9.17, 15) is 24.1 Å². The Hall–Kier alpha value is -2.06. The van der Waals surface area contributed by atoms with Gasteiger partial charge in [0, 0.05) is 6.42 Å². The standard InChI is InChI=1S/C22H24F2O5/c23-22(24)20(26)18-6-1-2-7-19(18)21(22,27)9-8-14-4-3-5-16(10-14)29-13-17-11-15(25)12-28-17/h1-7,10,15,17,20,25-27H,8-9,11-13H2/t15-,17?,20?,21+/m1/s1. The summed E-state index contributed by atoms with van der Waals surface area (Å²) < 4.78 is 40.6. The second-order valence-electron chi connectivity index (χ2n) is 7.78. The molecule has 0 radical (unpaired) electrons. The maximum Gasteiger partial charge on any atom is 0.309 e. The van der Waals surface area contributed by atoms with Crippen LogP contribution in [0.2, 0.25) is 0 Å². The average Bonchev–Trinajstić information content (AvgIpc) is 3.20. The SMILES string of the molecule is OC1c2ccccc2[C@@](O)(CCc2cccc(OCC3C[C@@H](O)CO3)c2)C1(F)F. The summed E-state index contributed by atoms with van der Waals surface area (Å²) in [6.45, 7) is 0.594. The summed E-state index contributed by atoms with van der Waals surface area (Å²) in [4.78, 5) is 0. The number of aryl methyl sites for hydroxylation is 1. The molecular weight excluding hydrogens is 382 g/mol. The second-order valence-corrected chi connectivity index (χ2v) is 7.78. The molecule has 1 heterocycles. The molecule has 0 amide bonds. The molecule has 1 fully saturated rings. The minimum Gasteiger partial charge on any atom is -0.491 e. The van der Waals surface area contributed by atoms with Crippen molar-refractivity contribution in [3.05, 3.63) is 65.2 Å². The molecule has 1 aliphatic heterocycles. The smallest absolute Gasteiger partial charge is 0.309 e. The maximum atomic E-state index is 14.7. The van der Waals surface area contributed by atoms with Gasteiger partial charge in [0.05, 0.1) is 18.8 Å². The Balaban J connectivity index is 1.45. The molecule has 0 aromatic heterocycles. The minimum atomic E-state index is -3.68. The number of aliphatic hydroxyl groups excluding tert-OH is 2. The lowest BCUT2D eigenvalue weighted by molar-refractivity contribution is -0.226. The lowest BCUT2D eigenvalue weighted by atomic mass is 9.86. The van der Waals surface area contributed by atoms with Crippen LogP contribution in [0.4, 0.5) is 8.78 Å². The number of halogens is 2. The number of hydrogen-bond acceptors (Lipinski definition) is 5. The van der Waals surface area contributed by atoms with Gasteiger partial charge in [-0.3, -0.25) is 0 Å². The molecule has 1 saturated heterocycles. The van der Waals surface area contributed by atoms with Crippen molar-refractivity contribution < 1.29 is 33.6 Å². The quantitative estimate of drug-likeness (QED) is 0.688. The molecule has 0 spiro atoms. The van der Waals surface area contributed by atoms with Crippen LogP contribution in [0, 0.1) is 0 Å². The van der Waals surface area contributed by atoms with Crippen molar-refractivity contribution >= 4 is 0 Å². The van der Waals surface area contributed by atoms with E-state index in [1.54, 1.807) is 36.4 Å². The van der Waals surface area contributed by atoms with Crippen LogP contribution in [0.15, 0.2) is 48.5 Å². The van der Waals surface area contributed by atoms with Crippen molar-refractivity contribution in [3.8, 4) is 5.75 Å². The Labute approximate surface area is 167 Å². The van der Waals surface area contributed by atoms with E-state index in [1.165, 1.54) is 12.1 Å². The monoisotopic (exact) mass is 406 g/mol. The van der Waals surface area contributed by atoms with E-state index < -0.39 is 23.7 Å². The zero-order valence-electron chi connectivity index (χ0n) is 15.8. The molecule has 5 nitrogen and oxygen atoms in total. The molecule has 7 heteroatoms. The van der Waals surface area contributed by atoms with Gasteiger partial charge in [0.1, 0.15) is 18.5 Å². The van der Waals surface area contributed by atoms with E-state index in [-0.39, 0.29) is 30.1 Å². The number of aliphatic hydroxyl groups is 3. The van der Waals surface area contributed by atoms with E-state index in [4.69, 9.17) is 9.47 Å². The minimum absolute atomic E-state index is 0.0656. The molecule has 4 rings (SSSR count). The Kier molecular flexibility index (Phi) is 5.33. The highest BCUT2D eigenvalue weighted by Crippen LogP contribution is 2.55. The Bertz CT molecular complexity index is 874. The first-order valence-corrected chi connectivity index (χ1v) is 9.70. The van der Waals surface area contributed by atoms with Crippen LogP contribution in [0.3, 0.4) is 0 Å². The van der Waals surface area contributed by atoms with Crippen molar-refractivity contribution in [2.24, 2.45) is 0 Å². The van der Waals surface area contributed by atoms with Crippen molar-refractivity contribution in [1.82, 2.24) is 0 Å². The van der Waals surface area contributed by atoms with Crippen LogP contribution >= 0.6 is 0 Å². The predicted octanol–water partition coefficient (Wildman–Crippen LogP) is 2.72. The summed E-state index contributed by atoms with van der Waals surface area (Å²) in [5.74, 6) is -3.11. The van der Waals surface area contributed by atoms with Gasteiger partial charge in [-0.15, -0.1) is 0 Å². The van der Waals surface area contributed by atoms with E-state index in [0.717, 1.165) is 5.56 Å². The van der Waals surface area contributed by atoms with Gasteiger partial charge in [-0.25, -0.2) is 0 Å². The van der Waals surface area contributed by atoms with Crippen LogP contribution in [0.5, 0.6) is 5.75 Å². The van der Waals surface area contributed by atoms with Crippen LogP contribution in [0.1, 0.15) is 35.6 Å². The molecule has 0 saturated carbocycles. The average molecular weight is 406 g/mol. The summed E-state index contributed by atoms with van der Waals surface area (Å²) in [5.41, 5.74) is -1.57. The highest BCUT2D eigenvalue weighted by molar-refractivity contribution is 5.43. The van der Waals surface area contributed by atoms with E-state index in [2.05, 4.69) is 0 Å². The second kappa shape index (κ2) is 7.65. The third-order valence-corrected chi connectivity index (χ3v) is 5.76. The van der Waals surface area contributed by atoms with Gasteiger partial charge >= 0.3 is 5.92 Å². The summed E-state index contributed by atoms with van der Waals surface area (Å²) >= 11 is 0. The summed E-state index contributed by atoms with van der Waals surface area (Å²) in [5, 5.41) is 30.4. The highest BCUT2D eigenvalue weighted by Gasteiger charge is 2.64. The van der Waals surface area contributed by atoms with Crippen molar-refractivity contribution in [1.29, 1.82) is 0 Å². The summed E-state index contributed by atoms with van der Waals surface area (Å²) in [7, 11) is 0. The first kappa shape index (κ1) is 20.2. The van der Waals surface area contributed by atoms with Crippen molar-refractivity contribution in [2.75, 3.05) is 13.2 Å². The first-order chi connectivity index (χ1) is 13.8. The summed E-state index contributed by atoms with van der Waals surface area (Å²) in [6, 6.07) is 13.0. The molecule has 4 atom stereocenters. The molecule has 2 aliphatic rings. The fourth-order valence-corrected chi connectivity index (χ4v) is 4.12. The molecular formula is C22H24F2O5. The third-order valence-electron chi connectivity index (χ3n) is 5.76. The van der Waals surface area contributed by atoms with Crippen molar-refractivity contribution in [2.45, 2.75) is 49.1 Å². The van der Waals surface area contributed by atoms with E-state index >= 15 is 0 Å². The lowest BCUT2D eigenvalue weighted by Crippen LogP contribution is -2.44. The van der Waals surface area contributed by atoms with E-state index in [1.807, 2.05) is 0 Å². The molecule has 29 heavy (non-hydrogen) atoms. The van der Waals surface area contributed by atoms with Crippen LogP contribution < -0.4 is 4.74 Å². The number of hydrogen-bond donors (Lipinski definition) is 3. The van der Waals surface area contributed by atoms with Gasteiger partial charge in [0.25, 0.3) is 0 Å². The molecule has 1 aliphatic carbocycles. The number of ether oxygens (including phenoxy) is 2. The topological polar surface area (TPSA) is 79.2 Å². The zero-order chi connectivity index (χ0) is 20.6. The molecule has 156 valence electrons. The van der Waals surface area contributed by atoms with Gasteiger partial charge in [-0.1, -0.05) is 36.4 Å². The fourth-order valence-electron chi connectivity index (χ4n) is 4.12. The molecule has 2 aromatic carbocycles. The third kappa shape index (κ3) is 3.64. The van der Waals surface area contributed by atoms with E-state index in [0.29, 0.717) is 25.4 Å². The Morgan fingerprint density at radius 3 is 2.66 bits per heavy atom. The summed E-state index contributed by atoms with van der Waals surface area (Å²) in [6.07, 6.45) is -2.21. The van der Waals surface area contributed by atoms with Crippen LogP contribution in [-0.4, -0.2) is 46.7 Å². The van der Waals surface area contributed by atoms with Gasteiger partial charge < -0.3 is 24.8 Å². The maximum absolute atomic E-state index is 14.7. The predicted molar refractivity (Wildman–Crippen MR) is 101 cm³/mol. The Morgan fingerprint density at radius 2 is 1.90 bits per heavy atom. The Morgan fingerprint density at radius 1 is 1.10 bits per heavy atom. The van der Waals surface area contributed by atoms with Gasteiger partial charge in [0.2, 0.25) is 0 Å². The largest absolute Gasteiger partial charge is 0.491 e. The van der Waals surface area contributed by atoms with Gasteiger partial charge in [-0.2, -0.15) is 8.78 Å². The highest BCUT2D eigenvalue weighted by atomic mass is 19.3. The lowest BCUT2D eigenvalue weighted by Gasteiger charge is -2.31. The molecule has 0 bridgehead atoms. The first-order valence-electron chi connectivity index (χ1n) is 9.70. The molecule has 2 aromatic rings. The normalized spacial score (nSPS) is 30.3. The van der Waals surface area contributed by atoms with Crippen LogP contribution in [0.25, 0.3) is 0 Å². The van der Waals surface area contributed by atoms with Crippen LogP contribution in [-0.2, 0) is 16.8 Å². The van der Waals surface area contributed by atoms with Gasteiger partial charge in [-0.05, 0) is 41.7 Å². The number of benzene rings is 2. The fraction of sp³-hybridized carbons (Fsp3) is 0.455. The number of rotatable bonds is 6. The van der Waals surface area contributed by atoms with Gasteiger partial charge in [0.15, 0.2) is 5.60 Å². The molecule has 3 N–H and O–H groups in total.